The quantitative estimate of drug-likeness (QED) is 0.819. The molecule has 0 aliphatic heterocycles. The van der Waals surface area contributed by atoms with Crippen LogP contribution in [0, 0.1) is 0 Å². The maximum absolute atomic E-state index is 12.8. The van der Waals surface area contributed by atoms with Gasteiger partial charge in [-0.15, -0.1) is 4.36 Å². The largest absolute Gasteiger partial charge is 0.354 e. The van der Waals surface area contributed by atoms with Gasteiger partial charge in [0.2, 0.25) is 0 Å². The van der Waals surface area contributed by atoms with Crippen molar-refractivity contribution in [3.63, 3.8) is 0 Å². The molecule has 0 saturated carbocycles. The van der Waals surface area contributed by atoms with E-state index in [0.717, 1.165) is 60.3 Å². The van der Waals surface area contributed by atoms with E-state index in [1.54, 1.807) is 16.9 Å². The number of aryl methyl sites for hydroxylation is 1. The monoisotopic (exact) mass is 402 g/mol. The van der Waals surface area contributed by atoms with E-state index >= 15 is 0 Å². The number of nitrogens with two attached hydrogens (primary N) is 1. The van der Waals surface area contributed by atoms with Crippen LogP contribution in [0.15, 0.2) is 21.7 Å². The zero-order valence-electron chi connectivity index (χ0n) is 16.4. The minimum atomic E-state index is -3.42. The molecule has 0 radical (unpaired) electrons. The van der Waals surface area contributed by atoms with Crippen LogP contribution in [0.2, 0.25) is 0 Å². The van der Waals surface area contributed by atoms with E-state index in [4.69, 9.17) is 10.1 Å². The molecular weight excluding hydrogens is 376 g/mol. The van der Waals surface area contributed by atoms with E-state index in [1.807, 2.05) is 13.8 Å². The van der Waals surface area contributed by atoms with Crippen molar-refractivity contribution in [1.29, 1.82) is 0 Å². The second-order valence-corrected chi connectivity index (χ2v) is 9.63. The van der Waals surface area contributed by atoms with Gasteiger partial charge in [0.05, 0.1) is 5.69 Å². The van der Waals surface area contributed by atoms with Crippen molar-refractivity contribution in [3.05, 3.63) is 34.8 Å². The number of carbonyl (C=O) groups excluding carboxylic acids is 1. The first kappa shape index (κ1) is 19.1. The second-order valence-electron chi connectivity index (χ2n) is 7.89. The molecule has 0 spiro atoms. The summed E-state index contributed by atoms with van der Waals surface area (Å²) in [6.07, 6.45) is 6.42. The lowest BCUT2D eigenvalue weighted by molar-refractivity contribution is 0.260. The molecule has 2 aliphatic rings. The number of fused-ring (bicyclic) bond motifs is 2. The van der Waals surface area contributed by atoms with Crippen LogP contribution in [0.4, 0.5) is 10.5 Å². The molecule has 2 atom stereocenters. The average Bonchev–Trinajstić information content (AvgIpc) is 3.34. The topological polar surface area (TPSA) is 115 Å². The van der Waals surface area contributed by atoms with Gasteiger partial charge in [0.15, 0.2) is 14.9 Å². The van der Waals surface area contributed by atoms with Crippen molar-refractivity contribution in [2.45, 2.75) is 69.9 Å². The summed E-state index contributed by atoms with van der Waals surface area (Å²) in [4.78, 5) is 17.5. The summed E-state index contributed by atoms with van der Waals surface area (Å²) in [5.74, 6) is 0.382. The third-order valence-electron chi connectivity index (χ3n) is 5.51. The number of anilines is 1. The van der Waals surface area contributed by atoms with Crippen molar-refractivity contribution in [1.82, 2.24) is 14.8 Å². The molecule has 2 unspecified atom stereocenters. The van der Waals surface area contributed by atoms with Gasteiger partial charge in [-0.05, 0) is 69.1 Å². The van der Waals surface area contributed by atoms with Crippen LogP contribution < -0.4 is 10.5 Å². The average molecular weight is 403 g/mol. The lowest BCUT2D eigenvalue weighted by atomic mass is 10.0. The molecule has 0 bridgehead atoms. The van der Waals surface area contributed by atoms with Gasteiger partial charge in [0.25, 0.3) is 0 Å². The maximum Gasteiger partial charge on any atom is 0.354 e. The number of nitrogens with zero attached hydrogens (tertiary/aromatic N) is 4. The van der Waals surface area contributed by atoms with Gasteiger partial charge in [-0.1, -0.05) is 6.92 Å². The van der Waals surface area contributed by atoms with Gasteiger partial charge >= 0.3 is 6.03 Å². The minimum Gasteiger partial charge on any atom is -0.305 e. The zero-order chi connectivity index (χ0) is 20.1. The molecule has 2 aromatic rings. The van der Waals surface area contributed by atoms with Crippen LogP contribution in [0.25, 0.3) is 0 Å². The number of hydrogen-bond donors (Lipinski definition) is 2. The maximum atomic E-state index is 12.8. The van der Waals surface area contributed by atoms with Crippen LogP contribution in [-0.2, 0) is 29.2 Å². The molecule has 2 amide bonds. The van der Waals surface area contributed by atoms with E-state index in [0.29, 0.717) is 5.92 Å². The predicted molar refractivity (Wildman–Crippen MR) is 108 cm³/mol. The van der Waals surface area contributed by atoms with E-state index in [1.165, 1.54) is 0 Å². The molecular formula is C19H26N6O2S. The van der Waals surface area contributed by atoms with Crippen LogP contribution in [0.5, 0.6) is 0 Å². The predicted octanol–water partition coefficient (Wildman–Crippen LogP) is 3.33. The first-order valence-corrected chi connectivity index (χ1v) is 11.3. The Kier molecular flexibility index (Phi) is 4.75. The lowest BCUT2D eigenvalue weighted by Gasteiger charge is -2.15. The number of hydrogen-bond acceptors (Lipinski definition) is 4. The first-order valence-electron chi connectivity index (χ1n) is 9.72. The van der Waals surface area contributed by atoms with Gasteiger partial charge < -0.3 is 5.32 Å². The summed E-state index contributed by atoms with van der Waals surface area (Å²) in [5.41, 5.74) is 5.11. The highest BCUT2D eigenvalue weighted by Crippen LogP contribution is 2.41. The van der Waals surface area contributed by atoms with Gasteiger partial charge in [-0.3, -0.25) is 9.67 Å². The molecule has 0 fully saturated rings. The van der Waals surface area contributed by atoms with Crippen LogP contribution in [-0.4, -0.2) is 25.0 Å². The Balaban J connectivity index is 1.67. The minimum absolute atomic E-state index is 0.0989. The van der Waals surface area contributed by atoms with Crippen molar-refractivity contribution < 1.29 is 9.00 Å². The summed E-state index contributed by atoms with van der Waals surface area (Å²) in [7, 11) is -3.42. The van der Waals surface area contributed by atoms with E-state index in [9.17, 15) is 9.00 Å². The number of carbonyl (C=O) groups is 1. The Morgan fingerprint density at radius 3 is 2.86 bits per heavy atom. The summed E-state index contributed by atoms with van der Waals surface area (Å²) < 4.78 is 18.2. The molecule has 150 valence electrons. The number of aromatic nitrogens is 3. The highest BCUT2D eigenvalue weighted by atomic mass is 32.2. The Hall–Kier alpha value is -2.26. The van der Waals surface area contributed by atoms with Crippen molar-refractivity contribution in [2.75, 3.05) is 5.32 Å². The molecule has 2 aromatic heterocycles. The summed E-state index contributed by atoms with van der Waals surface area (Å²) in [5, 5.41) is 13.1. The second kappa shape index (κ2) is 6.97. The normalized spacial score (nSPS) is 20.0. The highest BCUT2D eigenvalue weighted by Gasteiger charge is 2.30. The number of urea groups is 1. The van der Waals surface area contributed by atoms with E-state index < -0.39 is 15.9 Å². The number of nitrogens with one attached hydrogen (secondary N) is 1. The highest BCUT2D eigenvalue weighted by molar-refractivity contribution is 7.91. The van der Waals surface area contributed by atoms with Gasteiger partial charge in [0, 0.05) is 23.6 Å². The van der Waals surface area contributed by atoms with E-state index in [-0.39, 0.29) is 11.1 Å². The lowest BCUT2D eigenvalue weighted by Crippen LogP contribution is -2.20. The molecule has 0 saturated heterocycles. The SMILES string of the molecule is CC1CCc2c1nc1c(c2NC(=O)N=S(N)(=O)c2ccn(C(C)C)n2)CCC1. The van der Waals surface area contributed by atoms with Gasteiger partial charge in [0.1, 0.15) is 0 Å². The molecule has 2 aliphatic carbocycles. The van der Waals surface area contributed by atoms with Crippen LogP contribution >= 0.6 is 0 Å². The van der Waals surface area contributed by atoms with Gasteiger partial charge in [-0.25, -0.2) is 14.1 Å². The molecule has 0 aromatic carbocycles. The van der Waals surface area contributed by atoms with Crippen molar-refractivity contribution in [2.24, 2.45) is 9.50 Å². The summed E-state index contributed by atoms with van der Waals surface area (Å²) in [6, 6.07) is 0.943. The molecule has 8 nitrogen and oxygen atoms in total. The fourth-order valence-corrected chi connectivity index (χ4v) is 4.87. The molecule has 28 heavy (non-hydrogen) atoms. The third kappa shape index (κ3) is 3.33. The van der Waals surface area contributed by atoms with Crippen molar-refractivity contribution in [3.8, 4) is 0 Å². The molecule has 4 rings (SSSR count). The smallest absolute Gasteiger partial charge is 0.305 e. The Labute approximate surface area is 165 Å². The van der Waals surface area contributed by atoms with Crippen LogP contribution in [0.3, 0.4) is 0 Å². The van der Waals surface area contributed by atoms with Crippen molar-refractivity contribution >= 4 is 21.6 Å². The Morgan fingerprint density at radius 2 is 2.14 bits per heavy atom. The van der Waals surface area contributed by atoms with Crippen LogP contribution in [0.1, 0.15) is 68.1 Å². The van der Waals surface area contributed by atoms with E-state index in [2.05, 4.69) is 21.7 Å². The summed E-state index contributed by atoms with van der Waals surface area (Å²) >= 11 is 0. The number of amides is 2. The fraction of sp³-hybridized carbons (Fsp3) is 0.526. The Morgan fingerprint density at radius 1 is 1.36 bits per heavy atom. The first-order chi connectivity index (χ1) is 13.3. The standard InChI is InChI=1S/C19H26N6O2S/c1-11(2)25-10-9-16(23-25)28(20,27)24-19(26)22-18-13-5-4-6-15(13)21-17-12(3)7-8-14(17)18/h9-12H,4-8H2,1-3H3,(H3,20,21,22,24,26,27). The fourth-order valence-electron chi connectivity index (χ4n) is 4.02. The number of pyridine rings is 1. The van der Waals surface area contributed by atoms with Gasteiger partial charge in [-0.2, -0.15) is 5.10 Å². The molecule has 2 heterocycles. The third-order valence-corrected chi connectivity index (χ3v) is 6.77. The molecule has 3 N–H and O–H groups in total. The zero-order valence-corrected chi connectivity index (χ0v) is 17.3. The molecule has 9 heteroatoms. The summed E-state index contributed by atoms with van der Waals surface area (Å²) in [6.45, 7) is 6.06. The Bertz CT molecular complexity index is 1060. The number of rotatable bonds is 3.